The van der Waals surface area contributed by atoms with Gasteiger partial charge in [0.2, 0.25) is 0 Å². The molecule has 5 rings (SSSR count). The van der Waals surface area contributed by atoms with Crippen molar-refractivity contribution in [2.45, 2.75) is 26.9 Å². The maximum absolute atomic E-state index is 10.4. The van der Waals surface area contributed by atoms with Gasteiger partial charge in [0.25, 0.3) is 0 Å². The average molecular weight is 582 g/mol. The third-order valence-corrected chi connectivity index (χ3v) is 6.97. The van der Waals surface area contributed by atoms with Crippen LogP contribution in [0, 0.1) is 18.3 Å². The number of hydrogen-bond acceptors (Lipinski definition) is 11. The maximum Gasteiger partial charge on any atom is 0.160 e. The number of fused-ring (bicyclic) bond motifs is 1. The van der Waals surface area contributed by atoms with Crippen LogP contribution in [-0.2, 0) is 4.74 Å². The molecular weight excluding hydrogens is 546 g/mol. The van der Waals surface area contributed by atoms with E-state index in [0.29, 0.717) is 35.3 Å². The molecule has 0 saturated carbocycles. The molecule has 0 aliphatic carbocycles. The fourth-order valence-corrected chi connectivity index (χ4v) is 4.70. The van der Waals surface area contributed by atoms with Crippen molar-refractivity contribution in [2.75, 3.05) is 44.8 Å². The molecule has 43 heavy (non-hydrogen) atoms. The van der Waals surface area contributed by atoms with Gasteiger partial charge < -0.3 is 25.6 Å². The number of nitrogens with zero attached hydrogens (tertiary/aromatic N) is 7. The SMILES string of the molecule is CC(C=C(N)C#N)=Nc1nc(-n2cnc3cc(Nc4ccc(C)nc4)c(OCCN4CCOCC4)cc32)ccc1C(C)O. The van der Waals surface area contributed by atoms with Crippen molar-refractivity contribution in [1.82, 2.24) is 24.4 Å². The first-order chi connectivity index (χ1) is 20.8. The number of nitrogens with one attached hydrogen (secondary N) is 1. The number of aliphatic hydroxyl groups is 1. The van der Waals surface area contributed by atoms with Crippen LogP contribution in [0.15, 0.2) is 65.7 Å². The number of benzene rings is 1. The van der Waals surface area contributed by atoms with Crippen molar-refractivity contribution in [3.05, 3.63) is 72.0 Å². The molecule has 12 nitrogen and oxygen atoms in total. The molecule has 222 valence electrons. The van der Waals surface area contributed by atoms with Gasteiger partial charge in [-0.1, -0.05) is 0 Å². The highest BCUT2D eigenvalue weighted by molar-refractivity contribution is 5.95. The van der Waals surface area contributed by atoms with Crippen LogP contribution in [-0.4, -0.2) is 74.7 Å². The molecule has 1 aromatic carbocycles. The van der Waals surface area contributed by atoms with E-state index in [0.717, 1.165) is 61.0 Å². The quantitative estimate of drug-likeness (QED) is 0.184. The second-order valence-electron chi connectivity index (χ2n) is 10.3. The number of nitriles is 1. The van der Waals surface area contributed by atoms with E-state index in [4.69, 9.17) is 25.5 Å². The van der Waals surface area contributed by atoms with Crippen LogP contribution in [0.4, 0.5) is 17.2 Å². The zero-order valence-corrected chi connectivity index (χ0v) is 24.5. The summed E-state index contributed by atoms with van der Waals surface area (Å²) >= 11 is 0. The van der Waals surface area contributed by atoms with Gasteiger partial charge in [-0.25, -0.2) is 15.0 Å². The summed E-state index contributed by atoms with van der Waals surface area (Å²) in [6.07, 6.45) is 4.14. The summed E-state index contributed by atoms with van der Waals surface area (Å²) in [5.41, 5.74) is 10.8. The van der Waals surface area contributed by atoms with Crippen LogP contribution in [0.2, 0.25) is 0 Å². The van der Waals surface area contributed by atoms with E-state index in [9.17, 15) is 5.11 Å². The standard InChI is InChI=1S/C31H35N9O3/c1-20-4-5-24(18-34-20)37-27-15-26-28(16-29(27)43-13-10-39-8-11-42-12-9-39)40(19-35-26)30-7-6-25(22(3)41)31(38-30)36-21(2)14-23(33)17-32/h4-7,14-16,18-19,22,37,41H,8-13,33H2,1-3H3. The van der Waals surface area contributed by atoms with Crippen molar-refractivity contribution in [2.24, 2.45) is 10.7 Å². The molecule has 1 saturated heterocycles. The number of imidazole rings is 1. The number of morpholine rings is 1. The van der Waals surface area contributed by atoms with Crippen molar-refractivity contribution in [3.63, 3.8) is 0 Å². The van der Waals surface area contributed by atoms with E-state index in [1.807, 2.05) is 41.8 Å². The fourth-order valence-electron chi connectivity index (χ4n) is 4.70. The van der Waals surface area contributed by atoms with Crippen molar-refractivity contribution >= 4 is 33.9 Å². The lowest BCUT2D eigenvalue weighted by molar-refractivity contribution is 0.0323. The Bertz CT molecular complexity index is 1680. The number of rotatable bonds is 10. The molecule has 4 aromatic rings. The van der Waals surface area contributed by atoms with Gasteiger partial charge in [0.05, 0.1) is 47.9 Å². The number of aliphatic imine (C=N–C) groups is 1. The highest BCUT2D eigenvalue weighted by Crippen LogP contribution is 2.34. The number of aryl methyl sites for hydroxylation is 1. The number of hydrogen-bond donors (Lipinski definition) is 3. The van der Waals surface area contributed by atoms with Gasteiger partial charge in [-0.05, 0) is 57.2 Å². The minimum atomic E-state index is -0.804. The Morgan fingerprint density at radius 2 is 2.07 bits per heavy atom. The first-order valence-electron chi connectivity index (χ1n) is 14.1. The highest BCUT2D eigenvalue weighted by atomic mass is 16.5. The number of anilines is 2. The van der Waals surface area contributed by atoms with Crippen LogP contribution in [0.3, 0.4) is 0 Å². The van der Waals surface area contributed by atoms with Gasteiger partial charge in [0.15, 0.2) is 5.82 Å². The summed E-state index contributed by atoms with van der Waals surface area (Å²) in [4.78, 5) is 20.7. The van der Waals surface area contributed by atoms with E-state index < -0.39 is 6.10 Å². The van der Waals surface area contributed by atoms with E-state index in [1.54, 1.807) is 38.5 Å². The highest BCUT2D eigenvalue weighted by Gasteiger charge is 2.17. The van der Waals surface area contributed by atoms with E-state index in [-0.39, 0.29) is 5.70 Å². The molecule has 4 N–H and O–H groups in total. The van der Waals surface area contributed by atoms with Gasteiger partial charge in [-0.3, -0.25) is 14.5 Å². The largest absolute Gasteiger partial charge is 0.490 e. The molecule has 0 amide bonds. The second kappa shape index (κ2) is 13.4. The van der Waals surface area contributed by atoms with Crippen LogP contribution in [0.25, 0.3) is 16.9 Å². The Morgan fingerprint density at radius 3 is 2.79 bits per heavy atom. The summed E-state index contributed by atoms with van der Waals surface area (Å²) in [6, 6.07) is 13.3. The lowest BCUT2D eigenvalue weighted by Crippen LogP contribution is -2.38. The monoisotopic (exact) mass is 581 g/mol. The summed E-state index contributed by atoms with van der Waals surface area (Å²) < 4.78 is 13.7. The topological polar surface area (TPSA) is 160 Å². The van der Waals surface area contributed by atoms with Gasteiger partial charge in [-0.15, -0.1) is 0 Å². The first kappa shape index (κ1) is 29.7. The number of nitrogens with two attached hydrogens (primary N) is 1. The molecule has 12 heteroatoms. The zero-order valence-electron chi connectivity index (χ0n) is 24.5. The summed E-state index contributed by atoms with van der Waals surface area (Å²) in [7, 11) is 0. The lowest BCUT2D eigenvalue weighted by atomic mass is 10.1. The van der Waals surface area contributed by atoms with Crippen molar-refractivity contribution in [1.29, 1.82) is 5.26 Å². The Hall–Kier alpha value is -4.83. The Morgan fingerprint density at radius 1 is 1.26 bits per heavy atom. The molecular formula is C31H35N9O3. The van der Waals surface area contributed by atoms with Gasteiger partial charge >= 0.3 is 0 Å². The van der Waals surface area contributed by atoms with Gasteiger partial charge in [0.1, 0.15) is 36.3 Å². The number of pyridine rings is 2. The van der Waals surface area contributed by atoms with Crippen LogP contribution in [0.5, 0.6) is 5.75 Å². The van der Waals surface area contributed by atoms with Crippen LogP contribution >= 0.6 is 0 Å². The molecule has 0 spiro atoms. The number of aromatic nitrogens is 4. The maximum atomic E-state index is 10.4. The van der Waals surface area contributed by atoms with Crippen LogP contribution < -0.4 is 15.8 Å². The molecule has 1 atom stereocenters. The van der Waals surface area contributed by atoms with E-state index in [2.05, 4.69) is 25.2 Å². The molecule has 1 unspecified atom stereocenters. The Kier molecular flexibility index (Phi) is 9.26. The molecule has 0 bridgehead atoms. The first-order valence-corrected chi connectivity index (χ1v) is 14.1. The Balaban J connectivity index is 1.52. The summed E-state index contributed by atoms with van der Waals surface area (Å²) in [6.45, 7) is 9.81. The van der Waals surface area contributed by atoms with Gasteiger partial charge in [0, 0.05) is 42.7 Å². The van der Waals surface area contributed by atoms with E-state index in [1.165, 1.54) is 6.08 Å². The van der Waals surface area contributed by atoms with Crippen LogP contribution in [0.1, 0.15) is 31.2 Å². The van der Waals surface area contributed by atoms with Crippen molar-refractivity contribution < 1.29 is 14.6 Å². The molecule has 1 aliphatic heterocycles. The number of ether oxygens (including phenoxy) is 2. The molecule has 4 heterocycles. The predicted octanol–water partition coefficient (Wildman–Crippen LogP) is 4.09. The normalized spacial score (nSPS) is 15.3. The summed E-state index contributed by atoms with van der Waals surface area (Å²) in [5.74, 6) is 1.54. The molecule has 1 aliphatic rings. The smallest absolute Gasteiger partial charge is 0.160 e. The molecule has 1 fully saturated rings. The third kappa shape index (κ3) is 7.34. The molecule has 0 radical (unpaired) electrons. The summed E-state index contributed by atoms with van der Waals surface area (Å²) in [5, 5.41) is 22.8. The number of aliphatic hydroxyl groups excluding tert-OH is 1. The third-order valence-electron chi connectivity index (χ3n) is 6.97. The van der Waals surface area contributed by atoms with Gasteiger partial charge in [-0.2, -0.15) is 5.26 Å². The van der Waals surface area contributed by atoms with Crippen molar-refractivity contribution in [3.8, 4) is 17.6 Å². The predicted molar refractivity (Wildman–Crippen MR) is 165 cm³/mol. The number of allylic oxidation sites excluding steroid dienone is 2. The average Bonchev–Trinajstić information content (AvgIpc) is 3.41. The molecule has 3 aromatic heterocycles. The zero-order chi connectivity index (χ0) is 30.3. The van der Waals surface area contributed by atoms with E-state index >= 15 is 0 Å². The minimum absolute atomic E-state index is 0.0311. The minimum Gasteiger partial charge on any atom is -0.490 e. The lowest BCUT2D eigenvalue weighted by Gasteiger charge is -2.26. The second-order valence-corrected chi connectivity index (χ2v) is 10.3. The fraction of sp³-hybridized carbons (Fsp3) is 0.323. The Labute approximate surface area is 250 Å².